The highest BCUT2D eigenvalue weighted by Crippen LogP contribution is 2.17. The molecule has 1 N–H and O–H groups in total. The lowest BCUT2D eigenvalue weighted by Crippen LogP contribution is -2.17. The normalized spacial score (nSPS) is 10.2. The van der Waals surface area contributed by atoms with Crippen molar-refractivity contribution in [3.8, 4) is 0 Å². The minimum Gasteiger partial charge on any atom is -0.462 e. The van der Waals surface area contributed by atoms with Crippen LogP contribution in [-0.2, 0) is 22.5 Å². The SMILES string of the molecule is O=C(Nc1ccccc1C(=O)OCCCc1ccccc1)OCc1ccccc1. The third kappa shape index (κ3) is 6.50. The summed E-state index contributed by atoms with van der Waals surface area (Å²) in [6.07, 6.45) is 0.933. The number of rotatable bonds is 8. The van der Waals surface area contributed by atoms with Gasteiger partial charge in [0.05, 0.1) is 17.9 Å². The van der Waals surface area contributed by atoms with Crippen molar-refractivity contribution < 1.29 is 19.1 Å². The summed E-state index contributed by atoms with van der Waals surface area (Å²) < 4.78 is 10.6. The van der Waals surface area contributed by atoms with E-state index >= 15 is 0 Å². The molecule has 1 amide bonds. The molecule has 0 aliphatic heterocycles. The Labute approximate surface area is 170 Å². The Hall–Kier alpha value is -3.60. The van der Waals surface area contributed by atoms with Crippen molar-refractivity contribution in [1.29, 1.82) is 0 Å². The van der Waals surface area contributed by atoms with Crippen LogP contribution in [0.25, 0.3) is 0 Å². The number of carbonyl (C=O) groups is 2. The van der Waals surface area contributed by atoms with Gasteiger partial charge in [0.25, 0.3) is 0 Å². The molecule has 0 saturated carbocycles. The number of hydrogen-bond acceptors (Lipinski definition) is 4. The Kier molecular flexibility index (Phi) is 7.41. The first kappa shape index (κ1) is 20.1. The summed E-state index contributed by atoms with van der Waals surface area (Å²) in [5, 5.41) is 2.62. The predicted octanol–water partition coefficient (Wildman–Crippen LogP) is 5.22. The maximum atomic E-state index is 12.4. The van der Waals surface area contributed by atoms with Gasteiger partial charge in [-0.1, -0.05) is 72.8 Å². The number of hydrogen-bond donors (Lipinski definition) is 1. The van der Waals surface area contributed by atoms with Crippen LogP contribution in [0.4, 0.5) is 10.5 Å². The van der Waals surface area contributed by atoms with Crippen molar-refractivity contribution in [3.05, 3.63) is 102 Å². The third-order valence-corrected chi connectivity index (χ3v) is 4.28. The first-order valence-corrected chi connectivity index (χ1v) is 9.50. The van der Waals surface area contributed by atoms with Crippen molar-refractivity contribution in [2.24, 2.45) is 0 Å². The van der Waals surface area contributed by atoms with Gasteiger partial charge in [-0.05, 0) is 36.1 Å². The monoisotopic (exact) mass is 389 g/mol. The topological polar surface area (TPSA) is 64.6 Å². The van der Waals surface area contributed by atoms with Crippen LogP contribution in [0.2, 0.25) is 0 Å². The molecule has 5 nitrogen and oxygen atoms in total. The van der Waals surface area contributed by atoms with Crippen LogP contribution in [0.5, 0.6) is 0 Å². The molecular formula is C24H23NO4. The summed E-state index contributed by atoms with van der Waals surface area (Å²) in [5.74, 6) is -0.475. The van der Waals surface area contributed by atoms with E-state index in [1.54, 1.807) is 24.3 Å². The summed E-state index contributed by atoms with van der Waals surface area (Å²) in [5.41, 5.74) is 2.74. The summed E-state index contributed by atoms with van der Waals surface area (Å²) in [4.78, 5) is 24.5. The number of amides is 1. The van der Waals surface area contributed by atoms with Crippen molar-refractivity contribution in [1.82, 2.24) is 0 Å². The molecule has 3 aromatic rings. The Balaban J connectivity index is 1.49. The Morgan fingerprint density at radius 1 is 0.724 bits per heavy atom. The highest BCUT2D eigenvalue weighted by atomic mass is 16.5. The Bertz CT molecular complexity index is 926. The fraction of sp³-hybridized carbons (Fsp3) is 0.167. The highest BCUT2D eigenvalue weighted by molar-refractivity contribution is 5.99. The Morgan fingerprint density at radius 2 is 1.34 bits per heavy atom. The molecule has 0 fully saturated rings. The molecule has 0 saturated heterocycles. The lowest BCUT2D eigenvalue weighted by Gasteiger charge is -2.11. The van der Waals surface area contributed by atoms with Crippen LogP contribution >= 0.6 is 0 Å². The van der Waals surface area contributed by atoms with E-state index in [0.29, 0.717) is 17.9 Å². The van der Waals surface area contributed by atoms with Crippen LogP contribution in [0.15, 0.2) is 84.9 Å². The first-order chi connectivity index (χ1) is 14.2. The third-order valence-electron chi connectivity index (χ3n) is 4.28. The second-order valence-electron chi connectivity index (χ2n) is 6.46. The maximum absolute atomic E-state index is 12.4. The van der Waals surface area contributed by atoms with E-state index in [2.05, 4.69) is 5.32 Å². The van der Waals surface area contributed by atoms with Crippen LogP contribution in [-0.4, -0.2) is 18.7 Å². The van der Waals surface area contributed by atoms with Gasteiger partial charge in [-0.25, -0.2) is 9.59 Å². The second kappa shape index (κ2) is 10.7. The van der Waals surface area contributed by atoms with E-state index < -0.39 is 12.1 Å². The van der Waals surface area contributed by atoms with Gasteiger partial charge in [0.2, 0.25) is 0 Å². The number of benzene rings is 3. The largest absolute Gasteiger partial charge is 0.462 e. The first-order valence-electron chi connectivity index (χ1n) is 9.50. The molecule has 148 valence electrons. The molecule has 0 heterocycles. The fourth-order valence-corrected chi connectivity index (χ4v) is 2.80. The molecule has 5 heteroatoms. The minimum absolute atomic E-state index is 0.152. The van der Waals surface area contributed by atoms with Crippen LogP contribution < -0.4 is 5.32 Å². The molecule has 0 unspecified atom stereocenters. The summed E-state index contributed by atoms with van der Waals surface area (Å²) in [6, 6.07) is 26.1. The van der Waals surface area contributed by atoms with Gasteiger partial charge >= 0.3 is 12.1 Å². The van der Waals surface area contributed by atoms with E-state index in [-0.39, 0.29) is 6.61 Å². The van der Waals surface area contributed by atoms with Gasteiger partial charge in [-0.15, -0.1) is 0 Å². The minimum atomic E-state index is -0.627. The molecule has 0 bridgehead atoms. The molecule has 29 heavy (non-hydrogen) atoms. The number of aryl methyl sites for hydroxylation is 1. The molecule has 0 atom stereocenters. The molecule has 3 aromatic carbocycles. The zero-order valence-electron chi connectivity index (χ0n) is 16.0. The van der Waals surface area contributed by atoms with Crippen molar-refractivity contribution in [2.75, 3.05) is 11.9 Å². The Morgan fingerprint density at radius 3 is 2.07 bits per heavy atom. The number of nitrogens with one attached hydrogen (secondary N) is 1. The van der Waals surface area contributed by atoms with E-state index in [1.807, 2.05) is 60.7 Å². The zero-order chi connectivity index (χ0) is 20.3. The number of anilines is 1. The lowest BCUT2D eigenvalue weighted by molar-refractivity contribution is 0.0502. The quantitative estimate of drug-likeness (QED) is 0.423. The van der Waals surface area contributed by atoms with Gasteiger partial charge in [0, 0.05) is 0 Å². The van der Waals surface area contributed by atoms with E-state index in [0.717, 1.165) is 18.4 Å². The fourth-order valence-electron chi connectivity index (χ4n) is 2.80. The number of para-hydroxylation sites is 1. The van der Waals surface area contributed by atoms with Crippen molar-refractivity contribution >= 4 is 17.7 Å². The molecule has 0 radical (unpaired) electrons. The van der Waals surface area contributed by atoms with Gasteiger partial charge in [0.1, 0.15) is 6.61 Å². The van der Waals surface area contributed by atoms with Gasteiger partial charge < -0.3 is 9.47 Å². The smallest absolute Gasteiger partial charge is 0.411 e. The highest BCUT2D eigenvalue weighted by Gasteiger charge is 2.15. The summed E-state index contributed by atoms with van der Waals surface area (Å²) in [6.45, 7) is 0.458. The van der Waals surface area contributed by atoms with E-state index in [4.69, 9.17) is 9.47 Å². The van der Waals surface area contributed by atoms with Crippen LogP contribution in [0, 0.1) is 0 Å². The average molecular weight is 389 g/mol. The van der Waals surface area contributed by atoms with Gasteiger partial charge in [-0.3, -0.25) is 5.32 Å². The zero-order valence-corrected chi connectivity index (χ0v) is 16.0. The van der Waals surface area contributed by atoms with Crippen molar-refractivity contribution in [2.45, 2.75) is 19.4 Å². The lowest BCUT2D eigenvalue weighted by atomic mass is 10.1. The summed E-state index contributed by atoms with van der Waals surface area (Å²) in [7, 11) is 0. The standard InChI is InChI=1S/C24H23NO4/c26-23(28-17-9-14-19-10-3-1-4-11-19)21-15-7-8-16-22(21)25-24(27)29-18-20-12-5-2-6-13-20/h1-8,10-13,15-16H,9,14,17-18H2,(H,25,27). The summed E-state index contributed by atoms with van der Waals surface area (Å²) >= 11 is 0. The van der Waals surface area contributed by atoms with Gasteiger partial charge in [-0.2, -0.15) is 0 Å². The van der Waals surface area contributed by atoms with Gasteiger partial charge in [0.15, 0.2) is 0 Å². The number of ether oxygens (including phenoxy) is 2. The molecule has 3 rings (SSSR count). The van der Waals surface area contributed by atoms with Crippen LogP contribution in [0.1, 0.15) is 27.9 Å². The number of carbonyl (C=O) groups excluding carboxylic acids is 2. The second-order valence-corrected chi connectivity index (χ2v) is 6.46. The predicted molar refractivity (Wildman–Crippen MR) is 112 cm³/mol. The maximum Gasteiger partial charge on any atom is 0.411 e. The molecule has 0 aromatic heterocycles. The molecule has 0 aliphatic rings. The van der Waals surface area contributed by atoms with Crippen LogP contribution in [0.3, 0.4) is 0 Å². The number of esters is 1. The van der Waals surface area contributed by atoms with Crippen molar-refractivity contribution in [3.63, 3.8) is 0 Å². The average Bonchev–Trinajstić information content (AvgIpc) is 2.77. The van der Waals surface area contributed by atoms with E-state index in [1.165, 1.54) is 5.56 Å². The molecular weight excluding hydrogens is 366 g/mol. The molecule has 0 spiro atoms. The van der Waals surface area contributed by atoms with E-state index in [9.17, 15) is 9.59 Å². The molecule has 0 aliphatic carbocycles.